The lowest BCUT2D eigenvalue weighted by molar-refractivity contribution is 0.137. The molecule has 2 heterocycles. The Morgan fingerprint density at radius 3 is 1.96 bits per heavy atom. The molecule has 2 bridgehead atoms. The molecule has 4 rings (SSSR count). The van der Waals surface area contributed by atoms with Crippen LogP contribution in [0, 0.1) is 0 Å². The maximum atomic E-state index is 10.2. The van der Waals surface area contributed by atoms with Crippen LogP contribution < -0.4 is 9.47 Å². The van der Waals surface area contributed by atoms with Gasteiger partial charge in [-0.3, -0.25) is 4.90 Å². The lowest BCUT2D eigenvalue weighted by Gasteiger charge is -2.46. The third kappa shape index (κ3) is 2.04. The van der Waals surface area contributed by atoms with Crippen LogP contribution in [0.2, 0.25) is 0 Å². The number of hydrogen-bond acceptors (Lipinski definition) is 5. The molecule has 0 saturated carbocycles. The highest BCUT2D eigenvalue weighted by Crippen LogP contribution is 2.50. The summed E-state index contributed by atoms with van der Waals surface area (Å²) >= 11 is 0. The van der Waals surface area contributed by atoms with E-state index in [1.54, 1.807) is 14.2 Å². The van der Waals surface area contributed by atoms with E-state index in [9.17, 15) is 10.2 Å². The number of hydrogen-bond donors (Lipinski definition) is 2. The zero-order valence-corrected chi connectivity index (χ0v) is 14.0. The molecule has 0 aromatic heterocycles. The van der Waals surface area contributed by atoms with Gasteiger partial charge in [-0.05, 0) is 66.4 Å². The van der Waals surface area contributed by atoms with Gasteiger partial charge in [0.05, 0.1) is 14.2 Å². The molecule has 2 aliphatic heterocycles. The van der Waals surface area contributed by atoms with Crippen LogP contribution in [0.4, 0.5) is 0 Å². The van der Waals surface area contributed by atoms with Crippen LogP contribution >= 0.6 is 0 Å². The van der Waals surface area contributed by atoms with E-state index >= 15 is 0 Å². The summed E-state index contributed by atoms with van der Waals surface area (Å²) in [5, 5.41) is 20.3. The summed E-state index contributed by atoms with van der Waals surface area (Å²) in [5.41, 5.74) is 4.67. The van der Waals surface area contributed by atoms with Crippen molar-refractivity contribution in [2.24, 2.45) is 0 Å². The van der Waals surface area contributed by atoms with E-state index in [1.807, 2.05) is 24.3 Å². The van der Waals surface area contributed by atoms with Crippen LogP contribution in [-0.4, -0.2) is 36.4 Å². The smallest absolute Gasteiger partial charge is 0.160 e. The second-order valence-electron chi connectivity index (χ2n) is 6.55. The zero-order valence-electron chi connectivity index (χ0n) is 14.0. The quantitative estimate of drug-likeness (QED) is 0.888. The molecule has 2 aliphatic rings. The van der Waals surface area contributed by atoms with E-state index in [2.05, 4.69) is 11.9 Å². The van der Waals surface area contributed by atoms with Gasteiger partial charge in [-0.1, -0.05) is 0 Å². The average molecular weight is 327 g/mol. The Morgan fingerprint density at radius 2 is 1.33 bits per heavy atom. The molecule has 1 unspecified atom stereocenters. The summed E-state index contributed by atoms with van der Waals surface area (Å²) < 4.78 is 10.5. The number of ether oxygens (including phenoxy) is 2. The SMILES string of the molecule is COc1cc2c(cc1O)[C@@H]1Cc3cc(O)c(OC)cc3C(C2)N1C. The molecule has 0 aliphatic carbocycles. The van der Waals surface area contributed by atoms with E-state index in [-0.39, 0.29) is 23.6 Å². The fraction of sp³-hybridized carbons (Fsp3) is 0.368. The Morgan fingerprint density at radius 1 is 0.833 bits per heavy atom. The summed E-state index contributed by atoms with van der Waals surface area (Å²) in [6.45, 7) is 0. The van der Waals surface area contributed by atoms with Gasteiger partial charge >= 0.3 is 0 Å². The number of likely N-dealkylation sites (N-methyl/N-ethyl adjacent to an activating group) is 1. The molecule has 0 fully saturated rings. The summed E-state index contributed by atoms with van der Waals surface area (Å²) in [7, 11) is 5.25. The molecule has 2 aromatic rings. The first-order valence-electron chi connectivity index (χ1n) is 8.05. The van der Waals surface area contributed by atoms with Crippen LogP contribution in [0.25, 0.3) is 0 Å². The first kappa shape index (κ1) is 15.1. The molecular weight excluding hydrogens is 306 g/mol. The minimum atomic E-state index is 0.173. The van der Waals surface area contributed by atoms with Gasteiger partial charge in [0.1, 0.15) is 0 Å². The van der Waals surface area contributed by atoms with Gasteiger partial charge < -0.3 is 19.7 Å². The normalized spacial score (nSPS) is 21.8. The van der Waals surface area contributed by atoms with Crippen molar-refractivity contribution in [2.45, 2.75) is 24.9 Å². The van der Waals surface area contributed by atoms with Crippen molar-refractivity contribution in [3.05, 3.63) is 46.5 Å². The number of methoxy groups -OCH3 is 2. The highest BCUT2D eigenvalue weighted by molar-refractivity contribution is 5.54. The molecule has 0 saturated heterocycles. The number of benzene rings is 2. The third-order valence-corrected chi connectivity index (χ3v) is 5.41. The van der Waals surface area contributed by atoms with Crippen molar-refractivity contribution < 1.29 is 19.7 Å². The maximum Gasteiger partial charge on any atom is 0.160 e. The third-order valence-electron chi connectivity index (χ3n) is 5.41. The van der Waals surface area contributed by atoms with Crippen molar-refractivity contribution in [3.8, 4) is 23.0 Å². The van der Waals surface area contributed by atoms with E-state index in [0.717, 1.165) is 24.0 Å². The maximum absolute atomic E-state index is 10.2. The minimum Gasteiger partial charge on any atom is -0.504 e. The van der Waals surface area contributed by atoms with E-state index in [1.165, 1.54) is 11.1 Å². The molecule has 5 heteroatoms. The first-order chi connectivity index (χ1) is 11.5. The number of phenolic OH excluding ortho intramolecular Hbond substituents is 2. The molecule has 0 radical (unpaired) electrons. The minimum absolute atomic E-state index is 0.173. The Labute approximate surface area is 141 Å². The van der Waals surface area contributed by atoms with Crippen molar-refractivity contribution in [2.75, 3.05) is 21.3 Å². The van der Waals surface area contributed by atoms with E-state index < -0.39 is 0 Å². The molecule has 0 amide bonds. The van der Waals surface area contributed by atoms with Crippen molar-refractivity contribution in [3.63, 3.8) is 0 Å². The molecule has 2 atom stereocenters. The Balaban J connectivity index is 1.85. The average Bonchev–Trinajstić information content (AvgIpc) is 2.56. The summed E-state index contributed by atoms with van der Waals surface area (Å²) in [4.78, 5) is 2.34. The van der Waals surface area contributed by atoms with E-state index in [0.29, 0.717) is 11.5 Å². The molecule has 2 N–H and O–H groups in total. The van der Waals surface area contributed by atoms with Crippen LogP contribution in [0.5, 0.6) is 23.0 Å². The van der Waals surface area contributed by atoms with Gasteiger partial charge in [-0.2, -0.15) is 0 Å². The number of rotatable bonds is 2. The van der Waals surface area contributed by atoms with Gasteiger partial charge in [0, 0.05) is 12.1 Å². The Bertz CT molecular complexity index is 817. The van der Waals surface area contributed by atoms with Gasteiger partial charge in [-0.15, -0.1) is 0 Å². The molecule has 24 heavy (non-hydrogen) atoms. The predicted molar refractivity (Wildman–Crippen MR) is 90.0 cm³/mol. The van der Waals surface area contributed by atoms with Crippen molar-refractivity contribution >= 4 is 0 Å². The lowest BCUT2D eigenvalue weighted by Crippen LogP contribution is -2.40. The first-order valence-corrected chi connectivity index (χ1v) is 8.05. The van der Waals surface area contributed by atoms with Gasteiger partial charge in [0.15, 0.2) is 23.0 Å². The summed E-state index contributed by atoms with van der Waals surface area (Å²) in [5.74, 6) is 1.37. The number of phenols is 2. The van der Waals surface area contributed by atoms with Crippen LogP contribution in [-0.2, 0) is 12.8 Å². The van der Waals surface area contributed by atoms with Gasteiger partial charge in [-0.25, -0.2) is 0 Å². The largest absolute Gasteiger partial charge is 0.504 e. The fourth-order valence-corrected chi connectivity index (χ4v) is 4.14. The van der Waals surface area contributed by atoms with Crippen LogP contribution in [0.3, 0.4) is 0 Å². The topological polar surface area (TPSA) is 62.2 Å². The predicted octanol–water partition coefficient (Wildman–Crippen LogP) is 2.94. The fourth-order valence-electron chi connectivity index (χ4n) is 4.14. The molecule has 0 spiro atoms. The standard InChI is InChI=1S/C19H21NO4/c1-20-14-4-10-6-16(21)19(24-3)9-13(10)15(20)5-11-7-18(23-2)17(22)8-12(11)14/h6-9,14-15,21-22H,4-5H2,1-3H3/t14-,15?/m0/s1. The lowest BCUT2D eigenvalue weighted by atomic mass is 9.76. The number of fused-ring (bicyclic) bond motifs is 6. The number of aromatic hydroxyl groups is 2. The molecular formula is C19H21NO4. The Hall–Kier alpha value is -2.40. The highest BCUT2D eigenvalue weighted by atomic mass is 16.5. The van der Waals surface area contributed by atoms with Crippen molar-refractivity contribution in [1.82, 2.24) is 4.90 Å². The Kier molecular flexibility index (Phi) is 3.35. The second kappa shape index (κ2) is 5.31. The van der Waals surface area contributed by atoms with Crippen molar-refractivity contribution in [1.29, 1.82) is 0 Å². The highest BCUT2D eigenvalue weighted by Gasteiger charge is 2.39. The molecule has 5 nitrogen and oxygen atoms in total. The van der Waals surface area contributed by atoms with Crippen LogP contribution in [0.15, 0.2) is 24.3 Å². The number of nitrogens with zero attached hydrogens (tertiary/aromatic N) is 1. The van der Waals surface area contributed by atoms with Gasteiger partial charge in [0.25, 0.3) is 0 Å². The summed E-state index contributed by atoms with van der Waals surface area (Å²) in [6.07, 6.45) is 1.62. The monoisotopic (exact) mass is 327 g/mol. The van der Waals surface area contributed by atoms with Crippen LogP contribution in [0.1, 0.15) is 34.3 Å². The molecule has 2 aromatic carbocycles. The zero-order chi connectivity index (χ0) is 17.0. The second-order valence-corrected chi connectivity index (χ2v) is 6.55. The summed E-state index contributed by atoms with van der Waals surface area (Å²) in [6, 6.07) is 7.92. The van der Waals surface area contributed by atoms with Gasteiger partial charge in [0.2, 0.25) is 0 Å². The van der Waals surface area contributed by atoms with E-state index in [4.69, 9.17) is 9.47 Å². The molecule has 126 valence electrons.